The standard InChI is InChI=1S/C10H15N3O4/c1-6-7(2)17-8(12-6)4-11-10(16)13(3)5-9(14)15/h4-5H2,1-3H3,(H,11,16)(H,14,15). The lowest BCUT2D eigenvalue weighted by Gasteiger charge is -2.14. The number of likely N-dealkylation sites (N-methyl/N-ethyl adjacent to an activating group) is 1. The van der Waals surface area contributed by atoms with Crippen LogP contribution in [-0.2, 0) is 11.3 Å². The molecule has 0 unspecified atom stereocenters. The summed E-state index contributed by atoms with van der Waals surface area (Å²) in [6, 6.07) is -0.485. The summed E-state index contributed by atoms with van der Waals surface area (Å²) >= 11 is 0. The Morgan fingerprint density at radius 2 is 2.12 bits per heavy atom. The molecule has 2 amide bonds. The number of carboxylic acids is 1. The molecule has 1 aromatic rings. The van der Waals surface area contributed by atoms with Crippen LogP contribution in [-0.4, -0.2) is 40.6 Å². The predicted octanol–water partition coefficient (Wildman–Crippen LogP) is 0.517. The molecule has 1 aromatic heterocycles. The molecule has 0 aromatic carbocycles. The fourth-order valence-corrected chi connectivity index (χ4v) is 1.18. The number of carboxylic acid groups (broad SMARTS) is 1. The number of carbonyl (C=O) groups excluding carboxylic acids is 1. The highest BCUT2D eigenvalue weighted by Gasteiger charge is 2.13. The van der Waals surface area contributed by atoms with E-state index in [1.807, 2.05) is 0 Å². The zero-order valence-electron chi connectivity index (χ0n) is 9.98. The maximum Gasteiger partial charge on any atom is 0.323 e. The summed E-state index contributed by atoms with van der Waals surface area (Å²) in [5, 5.41) is 11.0. The van der Waals surface area contributed by atoms with Gasteiger partial charge in [0.15, 0.2) is 0 Å². The van der Waals surface area contributed by atoms with E-state index in [1.165, 1.54) is 7.05 Å². The zero-order valence-corrected chi connectivity index (χ0v) is 9.98. The lowest BCUT2D eigenvalue weighted by molar-refractivity contribution is -0.137. The Kier molecular flexibility index (Phi) is 4.08. The van der Waals surface area contributed by atoms with Crippen molar-refractivity contribution in [3.05, 3.63) is 17.3 Å². The van der Waals surface area contributed by atoms with E-state index >= 15 is 0 Å². The van der Waals surface area contributed by atoms with Crippen molar-refractivity contribution in [1.82, 2.24) is 15.2 Å². The number of aryl methyl sites for hydroxylation is 2. The molecule has 0 radical (unpaired) electrons. The first-order valence-corrected chi connectivity index (χ1v) is 5.04. The SMILES string of the molecule is Cc1nc(CNC(=O)N(C)CC(=O)O)oc1C. The van der Waals surface area contributed by atoms with Crippen LogP contribution in [0.5, 0.6) is 0 Å². The number of amides is 2. The van der Waals surface area contributed by atoms with Gasteiger partial charge in [-0.25, -0.2) is 9.78 Å². The lowest BCUT2D eigenvalue weighted by Crippen LogP contribution is -2.39. The van der Waals surface area contributed by atoms with Crippen molar-refractivity contribution in [2.24, 2.45) is 0 Å². The maximum absolute atomic E-state index is 11.4. The van der Waals surface area contributed by atoms with Crippen molar-refractivity contribution >= 4 is 12.0 Å². The summed E-state index contributed by atoms with van der Waals surface area (Å²) in [4.78, 5) is 27.0. The number of aliphatic carboxylic acids is 1. The van der Waals surface area contributed by atoms with E-state index in [4.69, 9.17) is 9.52 Å². The number of urea groups is 1. The third-order valence-electron chi connectivity index (χ3n) is 2.18. The number of aromatic nitrogens is 1. The monoisotopic (exact) mass is 241 g/mol. The molecule has 0 saturated heterocycles. The third-order valence-corrected chi connectivity index (χ3v) is 2.18. The molecule has 7 nitrogen and oxygen atoms in total. The molecule has 0 atom stereocenters. The van der Waals surface area contributed by atoms with Crippen LogP contribution in [0.15, 0.2) is 4.42 Å². The first-order valence-electron chi connectivity index (χ1n) is 5.04. The average Bonchev–Trinajstić information content (AvgIpc) is 2.54. The van der Waals surface area contributed by atoms with Gasteiger partial charge in [0.2, 0.25) is 5.89 Å². The first-order chi connectivity index (χ1) is 7.90. The number of hydrogen-bond acceptors (Lipinski definition) is 4. The molecule has 0 fully saturated rings. The van der Waals surface area contributed by atoms with Gasteiger partial charge < -0.3 is 19.7 Å². The second kappa shape index (κ2) is 5.33. The van der Waals surface area contributed by atoms with E-state index in [0.717, 1.165) is 10.6 Å². The smallest absolute Gasteiger partial charge is 0.323 e. The highest BCUT2D eigenvalue weighted by atomic mass is 16.4. The minimum atomic E-state index is -1.06. The number of carbonyl (C=O) groups is 2. The van der Waals surface area contributed by atoms with Crippen molar-refractivity contribution in [2.75, 3.05) is 13.6 Å². The summed E-state index contributed by atoms with van der Waals surface area (Å²) in [5.74, 6) is 0.0377. The Morgan fingerprint density at radius 1 is 1.47 bits per heavy atom. The van der Waals surface area contributed by atoms with Crippen LogP contribution in [0.1, 0.15) is 17.3 Å². The second-order valence-corrected chi connectivity index (χ2v) is 3.66. The largest absolute Gasteiger partial charge is 0.480 e. The van der Waals surface area contributed by atoms with E-state index < -0.39 is 12.0 Å². The van der Waals surface area contributed by atoms with Crippen molar-refractivity contribution in [3.8, 4) is 0 Å². The quantitative estimate of drug-likeness (QED) is 0.801. The predicted molar refractivity (Wildman–Crippen MR) is 58.5 cm³/mol. The fourth-order valence-electron chi connectivity index (χ4n) is 1.18. The van der Waals surface area contributed by atoms with E-state index in [9.17, 15) is 9.59 Å². The molecular formula is C10H15N3O4. The molecule has 0 bridgehead atoms. The summed E-state index contributed by atoms with van der Waals surface area (Å²) in [6.45, 7) is 3.37. The topological polar surface area (TPSA) is 95.7 Å². The summed E-state index contributed by atoms with van der Waals surface area (Å²) in [6.07, 6.45) is 0. The van der Waals surface area contributed by atoms with Crippen LogP contribution in [0.4, 0.5) is 4.79 Å². The Bertz CT molecular complexity index is 408. The Balaban J connectivity index is 2.45. The normalized spacial score (nSPS) is 10.1. The van der Waals surface area contributed by atoms with Gasteiger partial charge in [0.05, 0.1) is 12.2 Å². The van der Waals surface area contributed by atoms with Crippen LogP contribution in [0.25, 0.3) is 0 Å². The molecule has 1 rings (SSSR count). The maximum atomic E-state index is 11.4. The van der Waals surface area contributed by atoms with E-state index in [-0.39, 0.29) is 13.1 Å². The lowest BCUT2D eigenvalue weighted by atomic mass is 10.4. The van der Waals surface area contributed by atoms with Gasteiger partial charge in [-0.2, -0.15) is 0 Å². The fraction of sp³-hybridized carbons (Fsp3) is 0.500. The molecular weight excluding hydrogens is 226 g/mol. The van der Waals surface area contributed by atoms with E-state index in [1.54, 1.807) is 13.8 Å². The Hall–Kier alpha value is -2.05. The molecule has 0 aliphatic heterocycles. The van der Waals surface area contributed by atoms with Crippen molar-refractivity contribution < 1.29 is 19.1 Å². The molecule has 2 N–H and O–H groups in total. The van der Waals surface area contributed by atoms with Crippen LogP contribution >= 0.6 is 0 Å². The number of rotatable bonds is 4. The van der Waals surface area contributed by atoms with Crippen molar-refractivity contribution in [3.63, 3.8) is 0 Å². The van der Waals surface area contributed by atoms with E-state index in [2.05, 4.69) is 10.3 Å². The van der Waals surface area contributed by atoms with Crippen molar-refractivity contribution in [1.29, 1.82) is 0 Å². The summed E-state index contributed by atoms with van der Waals surface area (Å²) in [7, 11) is 1.40. The Labute approximate surface area is 98.4 Å². The van der Waals surface area contributed by atoms with Gasteiger partial charge in [-0.05, 0) is 13.8 Å². The molecule has 0 aliphatic carbocycles. The van der Waals surface area contributed by atoms with Gasteiger partial charge in [0, 0.05) is 7.05 Å². The summed E-state index contributed by atoms with van der Waals surface area (Å²) < 4.78 is 5.26. The molecule has 1 heterocycles. The number of nitrogens with one attached hydrogen (secondary N) is 1. The minimum absolute atomic E-state index is 0.136. The van der Waals surface area contributed by atoms with Crippen LogP contribution < -0.4 is 5.32 Å². The van der Waals surface area contributed by atoms with Crippen molar-refractivity contribution in [2.45, 2.75) is 20.4 Å². The van der Waals surface area contributed by atoms with Gasteiger partial charge in [-0.3, -0.25) is 4.79 Å². The number of oxazole rings is 1. The highest BCUT2D eigenvalue weighted by Crippen LogP contribution is 2.07. The molecule has 94 valence electrons. The van der Waals surface area contributed by atoms with Gasteiger partial charge in [-0.15, -0.1) is 0 Å². The number of hydrogen-bond donors (Lipinski definition) is 2. The third kappa shape index (κ3) is 3.78. The minimum Gasteiger partial charge on any atom is -0.480 e. The van der Waals surface area contributed by atoms with Gasteiger partial charge in [-0.1, -0.05) is 0 Å². The Morgan fingerprint density at radius 3 is 2.59 bits per heavy atom. The van der Waals surface area contributed by atoms with Crippen LogP contribution in [0.2, 0.25) is 0 Å². The van der Waals surface area contributed by atoms with Gasteiger partial charge >= 0.3 is 12.0 Å². The summed E-state index contributed by atoms with van der Waals surface area (Å²) in [5.41, 5.74) is 0.771. The molecule has 7 heteroatoms. The second-order valence-electron chi connectivity index (χ2n) is 3.66. The molecule has 0 aliphatic rings. The molecule has 17 heavy (non-hydrogen) atoms. The first kappa shape index (κ1) is 13.0. The van der Waals surface area contributed by atoms with Crippen LogP contribution in [0, 0.1) is 13.8 Å². The average molecular weight is 241 g/mol. The van der Waals surface area contributed by atoms with E-state index in [0.29, 0.717) is 11.7 Å². The molecule has 0 spiro atoms. The number of nitrogens with zero attached hydrogens (tertiary/aromatic N) is 2. The van der Waals surface area contributed by atoms with Gasteiger partial charge in [0.1, 0.15) is 12.3 Å². The highest BCUT2D eigenvalue weighted by molar-refractivity contribution is 5.79. The van der Waals surface area contributed by atoms with Gasteiger partial charge in [0.25, 0.3) is 0 Å². The van der Waals surface area contributed by atoms with Crippen LogP contribution in [0.3, 0.4) is 0 Å². The molecule has 0 saturated carbocycles. The zero-order chi connectivity index (χ0) is 13.0.